The van der Waals surface area contributed by atoms with Crippen LogP contribution < -0.4 is 9.47 Å². The number of nitrogens with zero attached hydrogens (tertiary/aromatic N) is 3. The fourth-order valence-corrected chi connectivity index (χ4v) is 10.2. The average molecular weight is 874 g/mol. The molecule has 6 atom stereocenters. The highest BCUT2D eigenvalue weighted by atomic mass is 16.7. The van der Waals surface area contributed by atoms with Crippen LogP contribution in [0.4, 0.5) is 4.79 Å². The van der Waals surface area contributed by atoms with Crippen LogP contribution in [0.5, 0.6) is 11.5 Å². The molecule has 0 radical (unpaired) electrons. The minimum atomic E-state index is -1.33. The molecule has 11 heteroatoms. The Morgan fingerprint density at radius 2 is 1.67 bits per heavy atom. The SMILES string of the molecule is C=CCO[C@@]12Oc3ccc(OCc4cccc(C)n4)cc3[C@H]3[C@H](CCCCO)[C@@H](CCCCO)C=C(C(=NOCC)C[C@@H]1N(CCC)C(=O)OCCCCCCCCCCCC)[C@H]32. The summed E-state index contributed by atoms with van der Waals surface area (Å²) in [6, 6.07) is 11.4. The lowest BCUT2D eigenvalue weighted by molar-refractivity contribution is -0.255. The van der Waals surface area contributed by atoms with E-state index in [0.717, 1.165) is 73.2 Å². The van der Waals surface area contributed by atoms with Crippen molar-refractivity contribution in [1.82, 2.24) is 9.88 Å². The second kappa shape index (κ2) is 26.8. The van der Waals surface area contributed by atoms with Gasteiger partial charge in [-0.2, -0.15) is 0 Å². The average Bonchev–Trinajstić information content (AvgIpc) is 3.29. The predicted molar refractivity (Wildman–Crippen MR) is 250 cm³/mol. The molecule has 2 heterocycles. The first kappa shape index (κ1) is 50.1. The molecule has 2 aromatic rings. The molecule has 11 nitrogen and oxygen atoms in total. The van der Waals surface area contributed by atoms with E-state index in [2.05, 4.69) is 37.6 Å². The molecule has 350 valence electrons. The summed E-state index contributed by atoms with van der Waals surface area (Å²) in [5.41, 5.74) is 4.58. The van der Waals surface area contributed by atoms with Crippen molar-refractivity contribution in [2.45, 2.75) is 168 Å². The lowest BCUT2D eigenvalue weighted by atomic mass is 9.55. The highest BCUT2D eigenvalue weighted by molar-refractivity contribution is 6.03. The molecule has 1 saturated carbocycles. The Kier molecular flexibility index (Phi) is 21.3. The van der Waals surface area contributed by atoms with Crippen LogP contribution in [0.3, 0.4) is 0 Å². The summed E-state index contributed by atoms with van der Waals surface area (Å²) in [4.78, 5) is 26.9. The van der Waals surface area contributed by atoms with Crippen LogP contribution in [-0.4, -0.2) is 83.3 Å². The van der Waals surface area contributed by atoms with Crippen LogP contribution in [0, 0.1) is 24.7 Å². The molecule has 2 aliphatic carbocycles. The number of unbranched alkanes of at least 4 members (excludes halogenated alkanes) is 11. The van der Waals surface area contributed by atoms with Gasteiger partial charge in [0.2, 0.25) is 5.79 Å². The van der Waals surface area contributed by atoms with E-state index in [1.54, 1.807) is 6.08 Å². The third-order valence-corrected chi connectivity index (χ3v) is 13.1. The summed E-state index contributed by atoms with van der Waals surface area (Å²) in [6.45, 7) is 14.3. The summed E-state index contributed by atoms with van der Waals surface area (Å²) in [7, 11) is 0. The molecule has 0 spiro atoms. The molecule has 3 aliphatic rings. The van der Waals surface area contributed by atoms with E-state index in [9.17, 15) is 15.0 Å². The van der Waals surface area contributed by atoms with Crippen molar-refractivity contribution < 1.29 is 38.8 Å². The molecule has 1 amide bonds. The van der Waals surface area contributed by atoms with Gasteiger partial charge in [0.1, 0.15) is 30.8 Å². The second-order valence-electron chi connectivity index (χ2n) is 17.7. The number of pyridine rings is 1. The van der Waals surface area contributed by atoms with Crippen LogP contribution in [0.15, 0.2) is 65.9 Å². The van der Waals surface area contributed by atoms with E-state index in [4.69, 9.17) is 28.9 Å². The van der Waals surface area contributed by atoms with Crippen molar-refractivity contribution >= 4 is 11.8 Å². The van der Waals surface area contributed by atoms with Crippen LogP contribution >= 0.6 is 0 Å². The molecule has 1 aromatic carbocycles. The number of amides is 1. The van der Waals surface area contributed by atoms with Crippen LogP contribution in [0.2, 0.25) is 0 Å². The molecular weight excluding hydrogens is 795 g/mol. The number of rotatable bonds is 30. The molecule has 1 aromatic heterocycles. The Balaban J connectivity index is 1.55. The highest BCUT2D eigenvalue weighted by Gasteiger charge is 2.65. The molecule has 1 fully saturated rings. The van der Waals surface area contributed by atoms with E-state index < -0.39 is 11.8 Å². The molecule has 1 aliphatic heterocycles. The largest absolute Gasteiger partial charge is 0.487 e. The van der Waals surface area contributed by atoms with E-state index in [1.165, 1.54) is 44.9 Å². The maximum atomic E-state index is 14.5. The van der Waals surface area contributed by atoms with Gasteiger partial charge in [-0.15, -0.1) is 6.58 Å². The van der Waals surface area contributed by atoms with Gasteiger partial charge in [0.25, 0.3) is 0 Å². The number of benzene rings is 1. The van der Waals surface area contributed by atoms with Crippen molar-refractivity contribution in [2.24, 2.45) is 22.9 Å². The Morgan fingerprint density at radius 1 is 0.937 bits per heavy atom. The highest BCUT2D eigenvalue weighted by Crippen LogP contribution is 2.62. The second-order valence-corrected chi connectivity index (χ2v) is 17.7. The molecule has 2 N–H and O–H groups in total. The predicted octanol–water partition coefficient (Wildman–Crippen LogP) is 11.4. The van der Waals surface area contributed by atoms with Gasteiger partial charge < -0.3 is 34.0 Å². The number of hydrogen-bond acceptors (Lipinski definition) is 10. The number of oxime groups is 1. The minimum absolute atomic E-state index is 0.113. The molecular formula is C52H79N3O8. The zero-order valence-electron chi connectivity index (χ0n) is 39.1. The number of aromatic nitrogens is 1. The summed E-state index contributed by atoms with van der Waals surface area (Å²) in [6.07, 6.45) is 21.6. The summed E-state index contributed by atoms with van der Waals surface area (Å²) >= 11 is 0. The smallest absolute Gasteiger partial charge is 0.410 e. The lowest BCUT2D eigenvalue weighted by Crippen LogP contribution is -2.70. The first-order chi connectivity index (χ1) is 30.8. The van der Waals surface area contributed by atoms with Gasteiger partial charge in [-0.25, -0.2) is 4.79 Å². The molecule has 0 saturated heterocycles. The van der Waals surface area contributed by atoms with Crippen molar-refractivity contribution in [3.8, 4) is 11.5 Å². The standard InChI is InChI=1S/C52H79N3O8/c1-6-10-11-12-13-14-15-16-17-22-34-59-51(58)55(30-7-2)48-37-46(54-62-9-4)44-35-40(25-18-20-31-56)43(27-19-21-32-57)49-45-36-42(60-38-41-26-23-24-39(5)53-41)28-29-47(45)63-52(48,50(44)49)61-33-8-3/h8,23-24,26,28-29,35-36,40,43,48-50,56-57H,3,6-7,9-22,25,27,30-34,37-38H2,1-2,4-5H3/t40-,43+,48-,49+,50+,52+/m0/s1. The zero-order valence-corrected chi connectivity index (χ0v) is 39.1. The van der Waals surface area contributed by atoms with Crippen molar-refractivity contribution in [3.63, 3.8) is 0 Å². The fraction of sp³-hybridized carbons (Fsp3) is 0.673. The number of aliphatic hydroxyl groups excluding tert-OH is 2. The maximum Gasteiger partial charge on any atom is 0.410 e. The van der Waals surface area contributed by atoms with Crippen molar-refractivity contribution in [2.75, 3.05) is 39.6 Å². The number of aryl methyl sites for hydroxylation is 1. The number of carbonyl (C=O) groups is 1. The first-order valence-electron chi connectivity index (χ1n) is 24.5. The first-order valence-corrected chi connectivity index (χ1v) is 24.5. The van der Waals surface area contributed by atoms with Gasteiger partial charge in [-0.3, -0.25) is 9.88 Å². The van der Waals surface area contributed by atoms with E-state index in [1.807, 2.05) is 49.1 Å². The van der Waals surface area contributed by atoms with Crippen molar-refractivity contribution in [1.29, 1.82) is 0 Å². The monoisotopic (exact) mass is 874 g/mol. The quantitative estimate of drug-likeness (QED) is 0.0447. The number of allylic oxidation sites excluding steroid dienone is 1. The Morgan fingerprint density at radius 3 is 2.35 bits per heavy atom. The third kappa shape index (κ3) is 13.6. The summed E-state index contributed by atoms with van der Waals surface area (Å²) in [5, 5.41) is 24.7. The number of carbonyl (C=O) groups excluding carboxylic acids is 1. The van der Waals surface area contributed by atoms with E-state index in [-0.39, 0.29) is 49.6 Å². The van der Waals surface area contributed by atoms with Crippen LogP contribution in [-0.2, 0) is 20.9 Å². The maximum absolute atomic E-state index is 14.5. The minimum Gasteiger partial charge on any atom is -0.487 e. The molecule has 63 heavy (non-hydrogen) atoms. The topological polar surface area (TPSA) is 132 Å². The van der Waals surface area contributed by atoms with Crippen molar-refractivity contribution in [3.05, 3.63) is 77.7 Å². The lowest BCUT2D eigenvalue weighted by Gasteiger charge is -2.59. The van der Waals surface area contributed by atoms with Gasteiger partial charge >= 0.3 is 6.09 Å². The third-order valence-electron chi connectivity index (χ3n) is 13.1. The zero-order chi connectivity index (χ0) is 44.9. The molecule has 0 bridgehead atoms. The van der Waals surface area contributed by atoms with Gasteiger partial charge in [0.05, 0.1) is 30.5 Å². The number of fused-ring (bicyclic) bond motifs is 2. The van der Waals surface area contributed by atoms with Crippen LogP contribution in [0.1, 0.15) is 159 Å². The molecule has 5 rings (SSSR count). The van der Waals surface area contributed by atoms with Gasteiger partial charge in [0, 0.05) is 43.4 Å². The number of ether oxygens (including phenoxy) is 4. The fourth-order valence-electron chi connectivity index (χ4n) is 10.2. The Bertz CT molecular complexity index is 1750. The normalized spacial score (nSPS) is 23.0. The van der Waals surface area contributed by atoms with E-state index >= 15 is 0 Å². The summed E-state index contributed by atoms with van der Waals surface area (Å²) < 4.78 is 27.0. The number of aliphatic hydroxyl groups is 2. The van der Waals surface area contributed by atoms with Gasteiger partial charge in [0.15, 0.2) is 0 Å². The summed E-state index contributed by atoms with van der Waals surface area (Å²) in [5.74, 6) is -0.210. The van der Waals surface area contributed by atoms with E-state index in [0.29, 0.717) is 63.5 Å². The Hall–Kier alpha value is -3.93. The van der Waals surface area contributed by atoms with Crippen LogP contribution in [0.25, 0.3) is 0 Å². The molecule has 0 unspecified atom stereocenters. The Labute approximate surface area is 378 Å². The number of hydrogen-bond donors (Lipinski definition) is 2. The van der Waals surface area contributed by atoms with Gasteiger partial charge in [-0.1, -0.05) is 108 Å². The van der Waals surface area contributed by atoms with Gasteiger partial charge in [-0.05, 0) is 100 Å².